The molecule has 0 fully saturated rings. The lowest BCUT2D eigenvalue weighted by Crippen LogP contribution is -2.42. The predicted octanol–water partition coefficient (Wildman–Crippen LogP) is 3.11. The standard InChI is InChI=1S/C23H25N3O4/c1-3-4-13-26-22(27)18-10-6-5-9-17(18)21(24-26)23(28)25(2)14-16-15-29-19-11-7-8-12-20(19)30-16/h5-12,16H,3-4,13-15H2,1-2H3. The van der Waals surface area contributed by atoms with E-state index in [2.05, 4.69) is 12.0 Å². The molecule has 4 rings (SSSR count). The molecule has 1 atom stereocenters. The molecule has 0 saturated heterocycles. The van der Waals surface area contributed by atoms with Crippen molar-refractivity contribution in [1.82, 2.24) is 14.7 Å². The SMILES string of the molecule is CCCCn1nc(C(=O)N(C)CC2COc3ccccc3O2)c2ccccc2c1=O. The van der Waals surface area contributed by atoms with Gasteiger partial charge in [0.25, 0.3) is 11.5 Å². The molecule has 156 valence electrons. The Hall–Kier alpha value is -3.35. The Morgan fingerprint density at radius 3 is 2.60 bits per heavy atom. The van der Waals surface area contributed by atoms with E-state index in [9.17, 15) is 9.59 Å². The molecule has 2 heterocycles. The van der Waals surface area contributed by atoms with Crippen molar-refractivity contribution in [3.8, 4) is 11.5 Å². The molecule has 7 heteroatoms. The molecule has 1 aliphatic heterocycles. The number of hydrogen-bond acceptors (Lipinski definition) is 5. The lowest BCUT2D eigenvalue weighted by atomic mass is 10.1. The van der Waals surface area contributed by atoms with E-state index in [0.717, 1.165) is 12.8 Å². The van der Waals surface area contributed by atoms with Crippen molar-refractivity contribution in [2.75, 3.05) is 20.2 Å². The second-order valence-electron chi connectivity index (χ2n) is 7.46. The number of fused-ring (bicyclic) bond motifs is 2. The fraction of sp³-hybridized carbons (Fsp3) is 0.348. The van der Waals surface area contributed by atoms with Gasteiger partial charge in [-0.1, -0.05) is 43.7 Å². The third-order valence-corrected chi connectivity index (χ3v) is 5.19. The Labute approximate surface area is 174 Å². The van der Waals surface area contributed by atoms with Crippen LogP contribution in [0.4, 0.5) is 0 Å². The molecule has 1 unspecified atom stereocenters. The number of hydrogen-bond donors (Lipinski definition) is 0. The van der Waals surface area contributed by atoms with Crippen molar-refractivity contribution in [2.45, 2.75) is 32.4 Å². The minimum Gasteiger partial charge on any atom is -0.486 e. The van der Waals surface area contributed by atoms with E-state index in [1.165, 1.54) is 4.68 Å². The summed E-state index contributed by atoms with van der Waals surface area (Å²) < 4.78 is 13.1. The summed E-state index contributed by atoms with van der Waals surface area (Å²) >= 11 is 0. The zero-order chi connectivity index (χ0) is 21.1. The van der Waals surface area contributed by atoms with Crippen LogP contribution >= 0.6 is 0 Å². The lowest BCUT2D eigenvalue weighted by molar-refractivity contribution is 0.0517. The van der Waals surface area contributed by atoms with E-state index in [4.69, 9.17) is 9.47 Å². The van der Waals surface area contributed by atoms with Crippen molar-refractivity contribution in [3.63, 3.8) is 0 Å². The van der Waals surface area contributed by atoms with Crippen LogP contribution in [0.1, 0.15) is 30.3 Å². The fourth-order valence-corrected chi connectivity index (χ4v) is 3.57. The van der Waals surface area contributed by atoms with Gasteiger partial charge in [-0.05, 0) is 24.6 Å². The smallest absolute Gasteiger partial charge is 0.274 e. The van der Waals surface area contributed by atoms with Gasteiger partial charge in [-0.3, -0.25) is 9.59 Å². The highest BCUT2D eigenvalue weighted by molar-refractivity contribution is 6.04. The lowest BCUT2D eigenvalue weighted by Gasteiger charge is -2.29. The number of likely N-dealkylation sites (N-methyl/N-ethyl adjacent to an activating group) is 1. The van der Waals surface area contributed by atoms with Gasteiger partial charge in [0.15, 0.2) is 23.3 Å². The maximum absolute atomic E-state index is 13.3. The van der Waals surface area contributed by atoms with E-state index in [-0.39, 0.29) is 23.3 Å². The fourth-order valence-electron chi connectivity index (χ4n) is 3.57. The van der Waals surface area contributed by atoms with Crippen molar-refractivity contribution in [1.29, 1.82) is 0 Å². The van der Waals surface area contributed by atoms with Crippen molar-refractivity contribution < 1.29 is 14.3 Å². The highest BCUT2D eigenvalue weighted by Crippen LogP contribution is 2.31. The van der Waals surface area contributed by atoms with Gasteiger partial charge in [0.2, 0.25) is 0 Å². The molecule has 3 aromatic rings. The van der Waals surface area contributed by atoms with Crippen LogP contribution in [-0.2, 0) is 6.54 Å². The number of carbonyl (C=O) groups excluding carboxylic acids is 1. The average molecular weight is 407 g/mol. The number of aryl methyl sites for hydroxylation is 1. The molecule has 0 saturated carbocycles. The third-order valence-electron chi connectivity index (χ3n) is 5.19. The summed E-state index contributed by atoms with van der Waals surface area (Å²) in [5.74, 6) is 1.13. The second-order valence-corrected chi connectivity index (χ2v) is 7.46. The normalized spacial score (nSPS) is 15.2. The second kappa shape index (κ2) is 8.57. The van der Waals surface area contributed by atoms with Gasteiger partial charge in [0.1, 0.15) is 6.61 Å². The number of ether oxygens (including phenoxy) is 2. The maximum Gasteiger partial charge on any atom is 0.274 e. The summed E-state index contributed by atoms with van der Waals surface area (Å²) in [5, 5.41) is 5.50. The van der Waals surface area contributed by atoms with Crippen LogP contribution in [0.3, 0.4) is 0 Å². The van der Waals surface area contributed by atoms with Crippen molar-refractivity contribution >= 4 is 16.7 Å². The van der Waals surface area contributed by atoms with Gasteiger partial charge in [-0.25, -0.2) is 4.68 Å². The number of unbranched alkanes of at least 4 members (excludes halogenated alkanes) is 1. The first-order valence-electron chi connectivity index (χ1n) is 10.2. The summed E-state index contributed by atoms with van der Waals surface area (Å²) in [6.07, 6.45) is 1.47. The number of nitrogens with zero attached hydrogens (tertiary/aromatic N) is 3. The first kappa shape index (κ1) is 19.9. The molecular formula is C23H25N3O4. The van der Waals surface area contributed by atoms with E-state index in [1.54, 1.807) is 30.1 Å². The average Bonchev–Trinajstić information content (AvgIpc) is 2.78. The predicted molar refractivity (Wildman–Crippen MR) is 114 cm³/mol. The molecule has 0 aliphatic carbocycles. The molecule has 7 nitrogen and oxygen atoms in total. The number of benzene rings is 2. The van der Waals surface area contributed by atoms with Crippen molar-refractivity contribution in [2.24, 2.45) is 0 Å². The first-order valence-corrected chi connectivity index (χ1v) is 10.2. The molecule has 2 aromatic carbocycles. The quantitative estimate of drug-likeness (QED) is 0.628. The summed E-state index contributed by atoms with van der Waals surface area (Å²) in [7, 11) is 1.71. The molecule has 1 aromatic heterocycles. The van der Waals surface area contributed by atoms with Crippen LogP contribution in [0.25, 0.3) is 10.8 Å². The third kappa shape index (κ3) is 3.87. The first-order chi connectivity index (χ1) is 14.6. The minimum atomic E-state index is -0.286. The molecular weight excluding hydrogens is 382 g/mol. The van der Waals surface area contributed by atoms with Gasteiger partial charge in [-0.15, -0.1) is 0 Å². The zero-order valence-electron chi connectivity index (χ0n) is 17.2. The van der Waals surface area contributed by atoms with Gasteiger partial charge < -0.3 is 14.4 Å². The van der Waals surface area contributed by atoms with Crippen LogP contribution in [0.15, 0.2) is 53.3 Å². The minimum absolute atomic E-state index is 0.168. The maximum atomic E-state index is 13.3. The Kier molecular flexibility index (Phi) is 5.70. The van der Waals surface area contributed by atoms with Crippen LogP contribution < -0.4 is 15.0 Å². The Morgan fingerprint density at radius 2 is 1.83 bits per heavy atom. The van der Waals surface area contributed by atoms with Crippen LogP contribution in [0.5, 0.6) is 11.5 Å². The van der Waals surface area contributed by atoms with Gasteiger partial charge in [0.05, 0.1) is 11.9 Å². The molecule has 1 amide bonds. The Balaban J connectivity index is 1.59. The van der Waals surface area contributed by atoms with Crippen LogP contribution in [0.2, 0.25) is 0 Å². The van der Waals surface area contributed by atoms with Crippen LogP contribution in [-0.4, -0.2) is 46.9 Å². The summed E-state index contributed by atoms with van der Waals surface area (Å²) in [6, 6.07) is 14.6. The number of carbonyl (C=O) groups is 1. The van der Waals surface area contributed by atoms with Gasteiger partial charge >= 0.3 is 0 Å². The van der Waals surface area contributed by atoms with Crippen LogP contribution in [0, 0.1) is 0 Å². The summed E-state index contributed by atoms with van der Waals surface area (Å²) in [4.78, 5) is 27.6. The highest BCUT2D eigenvalue weighted by atomic mass is 16.6. The largest absolute Gasteiger partial charge is 0.486 e. The van der Waals surface area contributed by atoms with Gasteiger partial charge in [-0.2, -0.15) is 5.10 Å². The monoisotopic (exact) mass is 407 g/mol. The van der Waals surface area contributed by atoms with E-state index in [1.807, 2.05) is 30.3 Å². The van der Waals surface area contributed by atoms with Crippen molar-refractivity contribution in [3.05, 3.63) is 64.6 Å². The highest BCUT2D eigenvalue weighted by Gasteiger charge is 2.26. The number of amides is 1. The number of para-hydroxylation sites is 2. The zero-order valence-corrected chi connectivity index (χ0v) is 17.2. The molecule has 0 radical (unpaired) electrons. The van der Waals surface area contributed by atoms with Gasteiger partial charge in [0, 0.05) is 19.0 Å². The topological polar surface area (TPSA) is 73.7 Å². The molecule has 0 bridgehead atoms. The molecule has 30 heavy (non-hydrogen) atoms. The van der Waals surface area contributed by atoms with E-state index in [0.29, 0.717) is 42.0 Å². The molecule has 0 spiro atoms. The van der Waals surface area contributed by atoms with E-state index < -0.39 is 0 Å². The number of aromatic nitrogens is 2. The molecule has 1 aliphatic rings. The Morgan fingerprint density at radius 1 is 1.13 bits per heavy atom. The summed E-state index contributed by atoms with van der Waals surface area (Å²) in [6.45, 7) is 3.24. The molecule has 0 N–H and O–H groups in total. The van der Waals surface area contributed by atoms with E-state index >= 15 is 0 Å². The number of rotatable bonds is 6. The Bertz CT molecular complexity index is 1120. The summed E-state index contributed by atoms with van der Waals surface area (Å²) in [5.41, 5.74) is 0.111.